The van der Waals surface area contributed by atoms with Crippen LogP contribution in [0.25, 0.3) is 0 Å². The summed E-state index contributed by atoms with van der Waals surface area (Å²) < 4.78 is 5.43. The summed E-state index contributed by atoms with van der Waals surface area (Å²) in [6.07, 6.45) is 3.38. The van der Waals surface area contributed by atoms with Gasteiger partial charge in [-0.1, -0.05) is 13.8 Å². The second-order valence-corrected chi connectivity index (χ2v) is 5.14. The highest BCUT2D eigenvalue weighted by Gasteiger charge is 2.56. The number of methoxy groups -OCH3 is 1. The largest absolute Gasteiger partial charge is 0.381 e. The lowest BCUT2D eigenvalue weighted by molar-refractivity contribution is 0.0435. The quantitative estimate of drug-likeness (QED) is 0.652. The number of fused-ring (bicyclic) bond motifs is 1. The molecule has 6 unspecified atom stereocenters. The van der Waals surface area contributed by atoms with Gasteiger partial charge >= 0.3 is 0 Å². The van der Waals surface area contributed by atoms with Crippen LogP contribution in [0, 0.1) is 29.6 Å². The van der Waals surface area contributed by atoms with Crippen LogP contribution in [-0.2, 0) is 4.74 Å². The molecule has 0 radical (unpaired) electrons. The molecule has 0 aromatic rings. The predicted octanol–water partition coefficient (Wildman–Crippen LogP) is 2.95. The van der Waals surface area contributed by atoms with E-state index in [1.165, 1.54) is 12.8 Å². The molecule has 13 heavy (non-hydrogen) atoms. The maximum Gasteiger partial charge on any atom is 0.0571 e. The molecule has 2 rings (SSSR count). The molecular weight excluding hydrogens is 160 g/mol. The molecular formula is C12H22O. The molecule has 76 valence electrons. The van der Waals surface area contributed by atoms with Gasteiger partial charge in [0.15, 0.2) is 0 Å². The molecule has 1 nitrogen and oxygen atoms in total. The standard InChI is InChI=1S/C12H22O/c1-7(9(3)13-4)10-5-6-11-8(2)12(10)11/h7-12H,5-6H2,1-4H3. The van der Waals surface area contributed by atoms with Crippen LogP contribution in [0.2, 0.25) is 0 Å². The number of ether oxygens (including phenoxy) is 1. The van der Waals surface area contributed by atoms with E-state index in [2.05, 4.69) is 20.8 Å². The highest BCUT2D eigenvalue weighted by Crippen LogP contribution is 2.62. The first kappa shape index (κ1) is 9.51. The Bertz CT molecular complexity index is 190. The van der Waals surface area contributed by atoms with Crippen molar-refractivity contribution in [2.45, 2.75) is 39.7 Å². The average Bonchev–Trinajstić information content (AvgIpc) is 2.64. The molecule has 0 aliphatic heterocycles. The summed E-state index contributed by atoms with van der Waals surface area (Å²) in [5, 5.41) is 0. The normalized spacial score (nSPS) is 47.1. The number of hydrogen-bond donors (Lipinski definition) is 0. The van der Waals surface area contributed by atoms with E-state index in [1.54, 1.807) is 0 Å². The van der Waals surface area contributed by atoms with Crippen molar-refractivity contribution in [3.63, 3.8) is 0 Å². The van der Waals surface area contributed by atoms with E-state index in [9.17, 15) is 0 Å². The van der Waals surface area contributed by atoms with Gasteiger partial charge in [0.05, 0.1) is 6.10 Å². The van der Waals surface area contributed by atoms with Crippen LogP contribution in [0.15, 0.2) is 0 Å². The van der Waals surface area contributed by atoms with Crippen molar-refractivity contribution in [2.24, 2.45) is 29.6 Å². The minimum absolute atomic E-state index is 0.441. The van der Waals surface area contributed by atoms with Crippen LogP contribution in [0.5, 0.6) is 0 Å². The maximum atomic E-state index is 5.43. The molecule has 0 bridgehead atoms. The fourth-order valence-electron chi connectivity index (χ4n) is 3.50. The van der Waals surface area contributed by atoms with Crippen LogP contribution in [-0.4, -0.2) is 13.2 Å². The molecule has 1 heteroatoms. The molecule has 2 saturated carbocycles. The van der Waals surface area contributed by atoms with Gasteiger partial charge in [0.2, 0.25) is 0 Å². The molecule has 0 N–H and O–H groups in total. The molecule has 0 spiro atoms. The lowest BCUT2D eigenvalue weighted by Gasteiger charge is -2.26. The van der Waals surface area contributed by atoms with Crippen molar-refractivity contribution in [1.29, 1.82) is 0 Å². The van der Waals surface area contributed by atoms with Gasteiger partial charge in [-0.3, -0.25) is 0 Å². The Balaban J connectivity index is 1.94. The van der Waals surface area contributed by atoms with E-state index >= 15 is 0 Å². The zero-order valence-corrected chi connectivity index (χ0v) is 9.29. The van der Waals surface area contributed by atoms with Crippen molar-refractivity contribution in [1.82, 2.24) is 0 Å². The van der Waals surface area contributed by atoms with Crippen molar-refractivity contribution >= 4 is 0 Å². The number of rotatable bonds is 3. The molecule has 0 aromatic heterocycles. The Labute approximate surface area is 81.9 Å². The van der Waals surface area contributed by atoms with Gasteiger partial charge in [0.1, 0.15) is 0 Å². The van der Waals surface area contributed by atoms with Gasteiger partial charge in [0.25, 0.3) is 0 Å². The summed E-state index contributed by atoms with van der Waals surface area (Å²) in [5.74, 6) is 4.86. The van der Waals surface area contributed by atoms with Gasteiger partial charge in [0, 0.05) is 7.11 Å². The summed E-state index contributed by atoms with van der Waals surface area (Å²) in [5.41, 5.74) is 0. The van der Waals surface area contributed by atoms with Gasteiger partial charge < -0.3 is 4.74 Å². The minimum atomic E-state index is 0.441. The molecule has 0 amide bonds. The van der Waals surface area contributed by atoms with Crippen molar-refractivity contribution in [3.8, 4) is 0 Å². The summed E-state index contributed by atoms with van der Waals surface area (Å²) in [7, 11) is 1.84. The molecule has 2 aliphatic rings. The summed E-state index contributed by atoms with van der Waals surface area (Å²) >= 11 is 0. The van der Waals surface area contributed by atoms with Crippen LogP contribution >= 0.6 is 0 Å². The van der Waals surface area contributed by atoms with E-state index in [-0.39, 0.29) is 0 Å². The zero-order valence-electron chi connectivity index (χ0n) is 9.29. The molecule has 0 saturated heterocycles. The van der Waals surface area contributed by atoms with Crippen LogP contribution in [0.4, 0.5) is 0 Å². The fourth-order valence-corrected chi connectivity index (χ4v) is 3.50. The summed E-state index contributed by atoms with van der Waals surface area (Å²) in [6.45, 7) is 7.00. The summed E-state index contributed by atoms with van der Waals surface area (Å²) in [4.78, 5) is 0. The van der Waals surface area contributed by atoms with Crippen LogP contribution in [0.1, 0.15) is 33.6 Å². The second-order valence-electron chi connectivity index (χ2n) is 5.14. The van der Waals surface area contributed by atoms with Gasteiger partial charge in [-0.25, -0.2) is 0 Å². The molecule has 0 aromatic carbocycles. The smallest absolute Gasteiger partial charge is 0.0571 e. The number of hydrogen-bond acceptors (Lipinski definition) is 1. The van der Waals surface area contributed by atoms with E-state index in [4.69, 9.17) is 4.74 Å². The van der Waals surface area contributed by atoms with Crippen molar-refractivity contribution < 1.29 is 4.74 Å². The van der Waals surface area contributed by atoms with Crippen LogP contribution in [0.3, 0.4) is 0 Å². The Morgan fingerprint density at radius 3 is 2.38 bits per heavy atom. The third-order valence-corrected chi connectivity index (χ3v) is 4.75. The highest BCUT2D eigenvalue weighted by molar-refractivity contribution is 5.04. The Morgan fingerprint density at radius 1 is 1.23 bits per heavy atom. The first-order chi connectivity index (χ1) is 6.16. The van der Waals surface area contributed by atoms with Crippen molar-refractivity contribution in [2.75, 3.05) is 7.11 Å². The minimum Gasteiger partial charge on any atom is -0.381 e. The van der Waals surface area contributed by atoms with E-state index in [1.807, 2.05) is 7.11 Å². The lowest BCUT2D eigenvalue weighted by Crippen LogP contribution is -2.25. The Morgan fingerprint density at radius 2 is 1.92 bits per heavy atom. The summed E-state index contributed by atoms with van der Waals surface area (Å²) in [6, 6.07) is 0. The van der Waals surface area contributed by atoms with Gasteiger partial charge in [-0.05, 0) is 49.4 Å². The zero-order chi connectivity index (χ0) is 9.59. The van der Waals surface area contributed by atoms with E-state index < -0.39 is 0 Å². The van der Waals surface area contributed by atoms with Crippen molar-refractivity contribution in [3.05, 3.63) is 0 Å². The van der Waals surface area contributed by atoms with E-state index in [0.29, 0.717) is 6.10 Å². The maximum absolute atomic E-state index is 5.43. The molecule has 2 aliphatic carbocycles. The SMILES string of the molecule is COC(C)C(C)C1CCC2C(C)C12. The average molecular weight is 182 g/mol. The Hall–Kier alpha value is -0.0400. The monoisotopic (exact) mass is 182 g/mol. The Kier molecular flexibility index (Phi) is 2.39. The molecule has 0 heterocycles. The lowest BCUT2D eigenvalue weighted by atomic mass is 9.84. The van der Waals surface area contributed by atoms with Gasteiger partial charge in [-0.2, -0.15) is 0 Å². The van der Waals surface area contributed by atoms with Gasteiger partial charge in [-0.15, -0.1) is 0 Å². The predicted molar refractivity (Wildman–Crippen MR) is 54.5 cm³/mol. The molecule has 2 fully saturated rings. The fraction of sp³-hybridized carbons (Fsp3) is 1.00. The first-order valence-electron chi connectivity index (χ1n) is 5.69. The third kappa shape index (κ3) is 1.41. The topological polar surface area (TPSA) is 9.23 Å². The second kappa shape index (κ2) is 3.27. The highest BCUT2D eigenvalue weighted by atomic mass is 16.5. The van der Waals surface area contributed by atoms with Crippen LogP contribution < -0.4 is 0 Å². The third-order valence-electron chi connectivity index (χ3n) is 4.75. The van der Waals surface area contributed by atoms with E-state index in [0.717, 1.165) is 29.6 Å². The molecule has 6 atom stereocenters. The first-order valence-corrected chi connectivity index (χ1v) is 5.69.